The van der Waals surface area contributed by atoms with Crippen LogP contribution in [-0.2, 0) is 13.9 Å². The standard InChI is InChI=1S/C24H44O4Si2/c1-10-11-12-13-19(28-30(8,9)24(2,3)4)21-17-23-22(27-21)16-20(26-23)18(25)14-15-29(5,6)7/h11-12,18-23,25H,10,13,16-17H2,1-9H3/b12-11+/t18-,19+,20+,21-,22-,23-/m1/s1. The first-order valence-corrected chi connectivity index (χ1v) is 18.0. The number of hydrogen-bond acceptors (Lipinski definition) is 4. The second-order valence-corrected chi connectivity index (χ2v) is 20.9. The Morgan fingerprint density at radius 3 is 2.13 bits per heavy atom. The van der Waals surface area contributed by atoms with Crippen LogP contribution in [0.3, 0.4) is 0 Å². The van der Waals surface area contributed by atoms with E-state index in [0.717, 1.165) is 19.3 Å². The van der Waals surface area contributed by atoms with E-state index in [1.807, 2.05) is 0 Å². The summed E-state index contributed by atoms with van der Waals surface area (Å²) in [6.07, 6.45) is 7.07. The second kappa shape index (κ2) is 10.0. The molecule has 0 spiro atoms. The first kappa shape index (κ1) is 25.8. The fraction of sp³-hybridized carbons (Fsp3) is 0.833. The molecule has 2 fully saturated rings. The van der Waals surface area contributed by atoms with Crippen LogP contribution in [0.15, 0.2) is 12.2 Å². The van der Waals surface area contributed by atoms with E-state index in [1.165, 1.54) is 0 Å². The van der Waals surface area contributed by atoms with Gasteiger partial charge in [0.05, 0.1) is 30.5 Å². The number of aliphatic hydroxyl groups is 1. The highest BCUT2D eigenvalue weighted by atomic mass is 28.4. The van der Waals surface area contributed by atoms with Crippen molar-refractivity contribution in [1.82, 2.24) is 0 Å². The van der Waals surface area contributed by atoms with E-state index in [0.29, 0.717) is 6.42 Å². The zero-order valence-corrected chi connectivity index (χ0v) is 22.6. The molecule has 4 nitrogen and oxygen atoms in total. The minimum atomic E-state index is -1.90. The molecular formula is C24H44O4Si2. The van der Waals surface area contributed by atoms with Crippen LogP contribution in [0.5, 0.6) is 0 Å². The second-order valence-electron chi connectivity index (χ2n) is 11.4. The van der Waals surface area contributed by atoms with Gasteiger partial charge in [-0.2, -0.15) is 0 Å². The summed E-state index contributed by atoms with van der Waals surface area (Å²) >= 11 is 0. The Morgan fingerprint density at radius 2 is 1.60 bits per heavy atom. The lowest BCUT2D eigenvalue weighted by Gasteiger charge is -2.40. The van der Waals surface area contributed by atoms with Crippen molar-refractivity contribution in [3.63, 3.8) is 0 Å². The van der Waals surface area contributed by atoms with Crippen LogP contribution in [0, 0.1) is 11.5 Å². The van der Waals surface area contributed by atoms with Crippen LogP contribution >= 0.6 is 0 Å². The van der Waals surface area contributed by atoms with Crippen molar-refractivity contribution < 1.29 is 19.0 Å². The van der Waals surface area contributed by atoms with Gasteiger partial charge >= 0.3 is 0 Å². The van der Waals surface area contributed by atoms with Gasteiger partial charge in [0.25, 0.3) is 0 Å². The highest BCUT2D eigenvalue weighted by Gasteiger charge is 2.49. The van der Waals surface area contributed by atoms with Crippen molar-refractivity contribution in [1.29, 1.82) is 0 Å². The van der Waals surface area contributed by atoms with Crippen LogP contribution in [0.4, 0.5) is 0 Å². The first-order chi connectivity index (χ1) is 13.7. The molecule has 0 saturated carbocycles. The predicted octanol–water partition coefficient (Wildman–Crippen LogP) is 5.29. The van der Waals surface area contributed by atoms with Crippen molar-refractivity contribution in [2.75, 3.05) is 0 Å². The average molecular weight is 453 g/mol. The molecule has 1 N–H and O–H groups in total. The maximum Gasteiger partial charge on any atom is 0.192 e. The van der Waals surface area contributed by atoms with E-state index in [1.54, 1.807) is 0 Å². The molecule has 2 aliphatic heterocycles. The topological polar surface area (TPSA) is 47.9 Å². The average Bonchev–Trinajstić information content (AvgIpc) is 3.16. The lowest BCUT2D eigenvalue weighted by Crippen LogP contribution is -2.47. The normalized spacial score (nSPS) is 29.5. The van der Waals surface area contributed by atoms with Crippen molar-refractivity contribution in [3.05, 3.63) is 12.2 Å². The molecular weight excluding hydrogens is 408 g/mol. The summed E-state index contributed by atoms with van der Waals surface area (Å²) in [6.45, 7) is 20.1. The molecule has 2 heterocycles. The quantitative estimate of drug-likeness (QED) is 0.324. The molecule has 0 radical (unpaired) electrons. The molecule has 172 valence electrons. The zero-order valence-electron chi connectivity index (χ0n) is 20.6. The Bertz CT molecular complexity index is 637. The fourth-order valence-corrected chi connectivity index (χ4v) is 5.60. The minimum Gasteiger partial charge on any atom is -0.411 e. The summed E-state index contributed by atoms with van der Waals surface area (Å²) in [6, 6.07) is 0. The van der Waals surface area contributed by atoms with E-state index in [-0.39, 0.29) is 35.6 Å². The van der Waals surface area contributed by atoms with Crippen molar-refractivity contribution in [2.24, 2.45) is 0 Å². The van der Waals surface area contributed by atoms with Gasteiger partial charge in [0.2, 0.25) is 0 Å². The molecule has 0 aliphatic carbocycles. The molecule has 2 rings (SSSR count). The van der Waals surface area contributed by atoms with Crippen molar-refractivity contribution in [2.45, 2.75) is 128 Å². The lowest BCUT2D eigenvalue weighted by molar-refractivity contribution is -0.0322. The fourth-order valence-electron chi connectivity index (χ4n) is 3.66. The number of fused-ring (bicyclic) bond motifs is 1. The predicted molar refractivity (Wildman–Crippen MR) is 130 cm³/mol. The SMILES string of the molecule is CC/C=C/C[C@H](O[Si](C)(C)C(C)(C)C)[C@H]1C[C@H]2O[C@H]([C@H](O)C#C[Si](C)(C)C)C[C@H]2O1. The molecule has 0 aromatic heterocycles. The molecule has 0 aromatic carbocycles. The Labute approximate surface area is 186 Å². The maximum absolute atomic E-state index is 10.5. The lowest BCUT2D eigenvalue weighted by atomic mass is 10.0. The van der Waals surface area contributed by atoms with Crippen LogP contribution in [0.1, 0.15) is 53.4 Å². The summed E-state index contributed by atoms with van der Waals surface area (Å²) in [5, 5.41) is 10.6. The maximum atomic E-state index is 10.5. The number of hydrogen-bond donors (Lipinski definition) is 1. The van der Waals surface area contributed by atoms with Crippen LogP contribution < -0.4 is 0 Å². The Balaban J connectivity index is 2.02. The van der Waals surface area contributed by atoms with Gasteiger partial charge in [0, 0.05) is 12.8 Å². The summed E-state index contributed by atoms with van der Waals surface area (Å²) in [7, 11) is -3.41. The summed E-state index contributed by atoms with van der Waals surface area (Å²) in [5.74, 6) is 3.03. The summed E-state index contributed by atoms with van der Waals surface area (Å²) < 4.78 is 19.4. The summed E-state index contributed by atoms with van der Waals surface area (Å²) in [5.41, 5.74) is 3.25. The Hall–Kier alpha value is -0.426. The van der Waals surface area contributed by atoms with E-state index < -0.39 is 22.5 Å². The van der Waals surface area contributed by atoms with Gasteiger partial charge in [-0.05, 0) is 31.0 Å². The van der Waals surface area contributed by atoms with Crippen molar-refractivity contribution in [3.8, 4) is 11.5 Å². The van der Waals surface area contributed by atoms with Gasteiger partial charge in [0.1, 0.15) is 14.2 Å². The van der Waals surface area contributed by atoms with E-state index in [2.05, 4.69) is 84.0 Å². The highest BCUT2D eigenvalue weighted by Crippen LogP contribution is 2.41. The first-order valence-electron chi connectivity index (χ1n) is 11.6. The van der Waals surface area contributed by atoms with Crippen molar-refractivity contribution >= 4 is 16.4 Å². The number of aliphatic hydroxyl groups excluding tert-OH is 1. The van der Waals surface area contributed by atoms with E-state index >= 15 is 0 Å². The minimum absolute atomic E-state index is 0.0315. The molecule has 2 aliphatic rings. The monoisotopic (exact) mass is 452 g/mol. The van der Waals surface area contributed by atoms with Gasteiger partial charge in [-0.15, -0.1) is 5.54 Å². The van der Waals surface area contributed by atoms with Gasteiger partial charge < -0.3 is 19.0 Å². The third-order valence-electron chi connectivity index (χ3n) is 6.43. The van der Waals surface area contributed by atoms with E-state index in [4.69, 9.17) is 13.9 Å². The molecule has 30 heavy (non-hydrogen) atoms. The zero-order chi connectivity index (χ0) is 22.7. The third kappa shape index (κ3) is 7.04. The van der Waals surface area contributed by atoms with Gasteiger partial charge in [0.15, 0.2) is 8.32 Å². The highest BCUT2D eigenvalue weighted by molar-refractivity contribution is 6.83. The Kier molecular flexibility index (Phi) is 8.62. The smallest absolute Gasteiger partial charge is 0.192 e. The van der Waals surface area contributed by atoms with Gasteiger partial charge in [-0.1, -0.05) is 65.4 Å². The third-order valence-corrected chi connectivity index (χ3v) is 11.8. The Morgan fingerprint density at radius 1 is 1.03 bits per heavy atom. The summed E-state index contributed by atoms with van der Waals surface area (Å²) in [4.78, 5) is 0. The van der Waals surface area contributed by atoms with Gasteiger partial charge in [-0.25, -0.2) is 0 Å². The van der Waals surface area contributed by atoms with Crippen LogP contribution in [0.25, 0.3) is 0 Å². The van der Waals surface area contributed by atoms with Crippen LogP contribution in [-0.4, -0.2) is 58.1 Å². The van der Waals surface area contributed by atoms with Gasteiger partial charge in [-0.3, -0.25) is 0 Å². The number of rotatable bonds is 7. The molecule has 2 saturated heterocycles. The molecule has 0 unspecified atom stereocenters. The molecule has 6 heteroatoms. The van der Waals surface area contributed by atoms with Crippen LogP contribution in [0.2, 0.25) is 37.8 Å². The number of allylic oxidation sites excluding steroid dienone is 1. The molecule has 0 bridgehead atoms. The molecule has 6 atom stereocenters. The largest absolute Gasteiger partial charge is 0.411 e. The molecule has 0 amide bonds. The van der Waals surface area contributed by atoms with E-state index in [9.17, 15) is 5.11 Å². The molecule has 0 aromatic rings. The number of ether oxygens (including phenoxy) is 2.